The van der Waals surface area contributed by atoms with Crippen LogP contribution in [0.1, 0.15) is 0 Å². The van der Waals surface area contributed by atoms with Gasteiger partial charge in [0.15, 0.2) is 0 Å². The Morgan fingerprint density at radius 3 is 0.292 bits per heavy atom. The van der Waals surface area contributed by atoms with E-state index in [9.17, 15) is 0 Å². The second-order valence-corrected chi connectivity index (χ2v) is 0.447. The zero-order valence-corrected chi connectivity index (χ0v) is 25.6. The first kappa shape index (κ1) is 82.1. The smallest absolute Gasteiger partial charge is 0.444 e. The van der Waals surface area contributed by atoms with Gasteiger partial charge in [0, 0.05) is 0 Å². The number of hydrogen-bond acceptors (Lipinski definition) is 18. The van der Waals surface area contributed by atoms with Crippen molar-refractivity contribution in [2.24, 2.45) is 32.0 Å². The van der Waals surface area contributed by atoms with Gasteiger partial charge in [-0.25, -0.2) is 0 Å². The first-order valence-corrected chi connectivity index (χ1v) is 2.19. The van der Waals surface area contributed by atoms with Gasteiger partial charge in [-0.15, -0.1) is 32.0 Å². The van der Waals surface area contributed by atoms with Crippen molar-refractivity contribution in [2.45, 2.75) is 0 Å². The molecule has 0 saturated carbocycles. The predicted octanol–water partition coefficient (Wildman–Crippen LogP) is -16.5. The largest absolute Gasteiger partial charge is 1.00 e. The van der Waals surface area contributed by atoms with E-state index in [1.54, 1.807) is 0 Å². The van der Waals surface area contributed by atoms with Crippen LogP contribution >= 0.6 is 0 Å². The predicted molar refractivity (Wildman–Crippen MR) is 55.0 cm³/mol. The fourth-order valence-corrected chi connectivity index (χ4v) is 0. The average Bonchev–Trinajstić information content (AvgIpc) is 2.23. The molecule has 0 fully saturated rings. The van der Waals surface area contributed by atoms with Crippen LogP contribution in [-0.4, -0.2) is 0 Å². The van der Waals surface area contributed by atoms with E-state index in [1.807, 2.05) is 0 Å². The van der Waals surface area contributed by atoms with Crippen LogP contribution in [0, 0.1) is 60.7 Å². The SMILES string of the molecule is O=N[O-].O=N[O-].O=N[O-].O=N[O-].O=N[O-].O=N[O-].[Na+].[Na+].[Na+].[Na+].[Na+].[Na+]. The van der Waals surface area contributed by atoms with E-state index in [2.05, 4.69) is 0 Å². The molecule has 0 N–H and O–H groups in total. The third-order valence-electron chi connectivity index (χ3n) is 0. The van der Waals surface area contributed by atoms with Crippen LogP contribution < -0.4 is 177 Å². The standard InChI is InChI=1S/6HNO2.6Na/c6*2-1-3;;;;;;/h6*(H,2,3);;;;;;/q;;;;;;6*+1/p-6. The number of hydrogen-bond donors (Lipinski definition) is 0. The molecule has 24 heavy (non-hydrogen) atoms. The molecule has 0 spiro atoms. The molecule has 0 atom stereocenters. The fraction of sp³-hybridized carbons (Fsp3) is 0. The van der Waals surface area contributed by atoms with Crippen LogP contribution in [0.3, 0.4) is 0 Å². The Labute approximate surface area is 265 Å². The van der Waals surface area contributed by atoms with Crippen LogP contribution in [0.25, 0.3) is 0 Å². The van der Waals surface area contributed by atoms with Crippen molar-refractivity contribution >= 4 is 0 Å². The van der Waals surface area contributed by atoms with Gasteiger partial charge in [-0.05, 0) is 0 Å². The van der Waals surface area contributed by atoms with Crippen LogP contribution in [-0.2, 0) is 0 Å². The topological polar surface area (TPSA) is 315 Å². The molecule has 0 saturated heterocycles. The van der Waals surface area contributed by atoms with E-state index < -0.39 is 0 Å². The summed E-state index contributed by atoms with van der Waals surface area (Å²) in [5, 5.41) is 54.0. The average molecular weight is 414 g/mol. The Hall–Kier alpha value is 2.40. The van der Waals surface area contributed by atoms with E-state index in [4.69, 9.17) is 60.7 Å². The molecule has 0 aliphatic rings. The maximum absolute atomic E-state index is 8.00. The summed E-state index contributed by atoms with van der Waals surface area (Å²) in [7, 11) is 0. The molecule has 0 radical (unpaired) electrons. The summed E-state index contributed by atoms with van der Waals surface area (Å²) in [6.45, 7) is 0. The molecule has 0 aromatic heterocycles. The van der Waals surface area contributed by atoms with Crippen molar-refractivity contribution < 1.29 is 177 Å². The summed E-state index contributed by atoms with van der Waals surface area (Å²) >= 11 is 0. The summed E-state index contributed by atoms with van der Waals surface area (Å²) in [5.41, 5.74) is 0. The molecule has 0 aromatic carbocycles. The Morgan fingerprint density at radius 1 is 0.292 bits per heavy atom. The third kappa shape index (κ3) is 2320. The molecule has 24 heteroatoms. The van der Waals surface area contributed by atoms with Crippen molar-refractivity contribution in [3.8, 4) is 0 Å². The second kappa shape index (κ2) is 214. The summed E-state index contributed by atoms with van der Waals surface area (Å²) in [4.78, 5) is 48.0. The normalized spacial score (nSPS) is 3.00. The fourth-order valence-electron chi connectivity index (χ4n) is 0. The van der Waals surface area contributed by atoms with Crippen molar-refractivity contribution in [3.63, 3.8) is 0 Å². The molecule has 0 heterocycles. The Balaban J connectivity index is -0.00000000686. The maximum atomic E-state index is 8.00. The van der Waals surface area contributed by atoms with Gasteiger partial charge in [-0.3, -0.25) is 0 Å². The summed E-state index contributed by atoms with van der Waals surface area (Å²) in [5.74, 6) is 0. The van der Waals surface area contributed by atoms with Crippen molar-refractivity contribution in [1.29, 1.82) is 0 Å². The van der Waals surface area contributed by atoms with E-state index in [-0.39, 0.29) is 177 Å². The third-order valence-corrected chi connectivity index (χ3v) is 0. The van der Waals surface area contributed by atoms with Gasteiger partial charge >= 0.3 is 177 Å². The first-order chi connectivity index (χ1) is 8.49. The van der Waals surface area contributed by atoms with Gasteiger partial charge in [-0.1, -0.05) is 0 Å². The monoisotopic (exact) mass is 414 g/mol. The van der Waals surface area contributed by atoms with Crippen LogP contribution in [0.5, 0.6) is 0 Å². The molecule has 108 valence electrons. The molecular formula is N6Na6O12. The van der Waals surface area contributed by atoms with Gasteiger partial charge in [0.25, 0.3) is 0 Å². The van der Waals surface area contributed by atoms with Crippen LogP contribution in [0.4, 0.5) is 0 Å². The Bertz CT molecular complexity index is 128. The van der Waals surface area contributed by atoms with E-state index in [0.717, 1.165) is 32.0 Å². The van der Waals surface area contributed by atoms with E-state index in [0.29, 0.717) is 0 Å². The molecule has 18 nitrogen and oxygen atoms in total. The van der Waals surface area contributed by atoms with Gasteiger partial charge in [0.2, 0.25) is 0 Å². The molecule has 0 bridgehead atoms. The minimum atomic E-state index is 0. The summed E-state index contributed by atoms with van der Waals surface area (Å²) in [6.07, 6.45) is 0. The summed E-state index contributed by atoms with van der Waals surface area (Å²) in [6, 6.07) is 0. The maximum Gasteiger partial charge on any atom is 1.00 e. The van der Waals surface area contributed by atoms with Gasteiger partial charge in [0.05, 0.1) is 0 Å². The van der Waals surface area contributed by atoms with Crippen molar-refractivity contribution in [3.05, 3.63) is 60.7 Å². The summed E-state index contributed by atoms with van der Waals surface area (Å²) < 4.78 is 0. The van der Waals surface area contributed by atoms with Gasteiger partial charge in [0.1, 0.15) is 0 Å². The van der Waals surface area contributed by atoms with Crippen LogP contribution in [0.2, 0.25) is 0 Å². The molecule has 0 rings (SSSR count). The zero-order valence-electron chi connectivity index (χ0n) is 13.6. The van der Waals surface area contributed by atoms with Gasteiger partial charge in [-0.2, -0.15) is 0 Å². The number of rotatable bonds is 0. The zero-order chi connectivity index (χ0) is 16.2. The van der Waals surface area contributed by atoms with Crippen molar-refractivity contribution in [2.75, 3.05) is 0 Å². The van der Waals surface area contributed by atoms with E-state index in [1.165, 1.54) is 0 Å². The quantitative estimate of drug-likeness (QED) is 0.202. The molecule has 0 aliphatic heterocycles. The minimum absolute atomic E-state index is 0. The minimum Gasteiger partial charge on any atom is -0.444 e. The number of nitrogens with zero attached hydrogens (tertiary/aromatic N) is 6. The van der Waals surface area contributed by atoms with Gasteiger partial charge < -0.3 is 60.7 Å². The van der Waals surface area contributed by atoms with Crippen molar-refractivity contribution in [1.82, 2.24) is 0 Å². The molecule has 0 aromatic rings. The molecule has 0 amide bonds. The second-order valence-electron chi connectivity index (χ2n) is 0.447. The Morgan fingerprint density at radius 2 is 0.292 bits per heavy atom. The Kier molecular flexibility index (Phi) is 733. The van der Waals surface area contributed by atoms with Crippen LogP contribution in [0.15, 0.2) is 32.0 Å². The molecule has 0 aliphatic carbocycles. The molecular weight excluding hydrogens is 414 g/mol. The molecule has 0 unspecified atom stereocenters. The van der Waals surface area contributed by atoms with E-state index >= 15 is 0 Å². The first-order valence-electron chi connectivity index (χ1n) is 2.19.